The summed E-state index contributed by atoms with van der Waals surface area (Å²) in [5.74, 6) is -0.324. The number of hydrogen-bond donors (Lipinski definition) is 2. The molecule has 3 rings (SSSR count). The van der Waals surface area contributed by atoms with E-state index in [4.69, 9.17) is 0 Å². The Morgan fingerprint density at radius 3 is 2.59 bits per heavy atom. The normalized spacial score (nSPS) is 12.2. The van der Waals surface area contributed by atoms with E-state index >= 15 is 0 Å². The molecule has 0 saturated carbocycles. The number of benzene rings is 1. The molecule has 29 heavy (non-hydrogen) atoms. The highest BCUT2D eigenvalue weighted by Gasteiger charge is 2.13. The molecule has 3 aromatic rings. The van der Waals surface area contributed by atoms with Gasteiger partial charge in [0.05, 0.1) is 11.8 Å². The van der Waals surface area contributed by atoms with Crippen molar-refractivity contribution in [2.45, 2.75) is 52.7 Å². The molecule has 0 saturated heterocycles. The van der Waals surface area contributed by atoms with Crippen LogP contribution in [-0.4, -0.2) is 32.6 Å². The molecule has 1 atom stereocenters. The van der Waals surface area contributed by atoms with E-state index in [1.165, 1.54) is 0 Å². The predicted octanol–water partition coefficient (Wildman–Crippen LogP) is 3.47. The molecule has 0 spiro atoms. The van der Waals surface area contributed by atoms with Gasteiger partial charge in [-0.15, -0.1) is 0 Å². The lowest BCUT2D eigenvalue weighted by Gasteiger charge is -2.12. The molecule has 7 heteroatoms. The van der Waals surface area contributed by atoms with Crippen LogP contribution in [0, 0.1) is 0 Å². The first-order chi connectivity index (χ1) is 13.9. The van der Waals surface area contributed by atoms with Crippen molar-refractivity contribution >= 4 is 22.8 Å². The summed E-state index contributed by atoms with van der Waals surface area (Å²) < 4.78 is 1.83. The number of carbonyl (C=O) groups excluding carboxylic acids is 2. The van der Waals surface area contributed by atoms with Gasteiger partial charge in [-0.05, 0) is 51.0 Å². The van der Waals surface area contributed by atoms with Gasteiger partial charge in [-0.3, -0.25) is 9.59 Å². The number of nitrogens with zero attached hydrogens (tertiary/aromatic N) is 3. The lowest BCUT2D eigenvalue weighted by Crippen LogP contribution is -2.32. The van der Waals surface area contributed by atoms with Crippen molar-refractivity contribution in [3.63, 3.8) is 0 Å². The van der Waals surface area contributed by atoms with Crippen LogP contribution in [-0.2, 0) is 6.54 Å². The smallest absolute Gasteiger partial charge is 0.253 e. The molecule has 0 aliphatic carbocycles. The second-order valence-corrected chi connectivity index (χ2v) is 7.49. The fourth-order valence-corrected chi connectivity index (χ4v) is 2.96. The minimum atomic E-state index is -0.217. The summed E-state index contributed by atoms with van der Waals surface area (Å²) in [6, 6.07) is 9.38. The highest BCUT2D eigenvalue weighted by atomic mass is 16.2. The first-order valence-corrected chi connectivity index (χ1v) is 9.90. The molecule has 7 nitrogen and oxygen atoms in total. The van der Waals surface area contributed by atoms with Gasteiger partial charge in [-0.1, -0.05) is 19.1 Å². The Balaban J connectivity index is 1.67. The lowest BCUT2D eigenvalue weighted by atomic mass is 10.1. The monoisotopic (exact) mass is 393 g/mol. The zero-order chi connectivity index (χ0) is 21.0. The van der Waals surface area contributed by atoms with Crippen molar-refractivity contribution in [1.82, 2.24) is 25.4 Å². The van der Waals surface area contributed by atoms with Gasteiger partial charge in [-0.2, -0.15) is 5.10 Å². The van der Waals surface area contributed by atoms with E-state index in [-0.39, 0.29) is 23.9 Å². The minimum absolute atomic E-state index is 0.107. The minimum Gasteiger partial charge on any atom is -0.350 e. The zero-order valence-corrected chi connectivity index (χ0v) is 17.3. The average molecular weight is 393 g/mol. The first-order valence-electron chi connectivity index (χ1n) is 9.90. The molecule has 1 unspecified atom stereocenters. The van der Waals surface area contributed by atoms with Crippen LogP contribution >= 0.6 is 0 Å². The van der Waals surface area contributed by atoms with Gasteiger partial charge in [0.25, 0.3) is 11.8 Å². The van der Waals surface area contributed by atoms with Crippen molar-refractivity contribution in [2.75, 3.05) is 0 Å². The third kappa shape index (κ3) is 4.80. The van der Waals surface area contributed by atoms with Crippen molar-refractivity contribution < 1.29 is 9.59 Å². The number of nitrogens with one attached hydrogen (secondary N) is 2. The van der Waals surface area contributed by atoms with Gasteiger partial charge in [0.15, 0.2) is 5.65 Å². The van der Waals surface area contributed by atoms with E-state index in [1.807, 2.05) is 44.5 Å². The third-order valence-electron chi connectivity index (χ3n) is 4.82. The zero-order valence-electron chi connectivity index (χ0n) is 17.3. The average Bonchev–Trinajstić information content (AvgIpc) is 3.15. The summed E-state index contributed by atoms with van der Waals surface area (Å²) in [7, 11) is 0. The number of hydrogen-bond acceptors (Lipinski definition) is 4. The van der Waals surface area contributed by atoms with Crippen LogP contribution in [0.2, 0.25) is 0 Å². The van der Waals surface area contributed by atoms with Gasteiger partial charge in [0.2, 0.25) is 0 Å². The Morgan fingerprint density at radius 2 is 1.86 bits per heavy atom. The van der Waals surface area contributed by atoms with Gasteiger partial charge < -0.3 is 10.6 Å². The third-order valence-corrected chi connectivity index (χ3v) is 4.82. The number of aromatic nitrogens is 3. The quantitative estimate of drug-likeness (QED) is 0.643. The summed E-state index contributed by atoms with van der Waals surface area (Å²) >= 11 is 0. The fraction of sp³-hybridized carbons (Fsp3) is 0.364. The summed E-state index contributed by atoms with van der Waals surface area (Å²) in [5, 5.41) is 11.0. The van der Waals surface area contributed by atoms with Gasteiger partial charge in [0, 0.05) is 35.8 Å². The molecule has 2 N–H and O–H groups in total. The number of amides is 2. The molecule has 0 bridgehead atoms. The fourth-order valence-electron chi connectivity index (χ4n) is 2.96. The van der Waals surface area contributed by atoms with Crippen molar-refractivity contribution in [3.05, 3.63) is 59.4 Å². The maximum absolute atomic E-state index is 12.5. The molecule has 152 valence electrons. The Hall–Kier alpha value is -3.22. The van der Waals surface area contributed by atoms with Gasteiger partial charge in [-0.25, -0.2) is 9.67 Å². The SMILES string of the molecule is CCC(C)NC(=O)c1cccc(CNC(=O)c2cnc3c(cnn3C(C)C)c2)c1. The molecule has 2 amide bonds. The van der Waals surface area contributed by atoms with Crippen LogP contribution in [0.25, 0.3) is 11.0 Å². The van der Waals surface area contributed by atoms with Crippen LogP contribution < -0.4 is 10.6 Å². The van der Waals surface area contributed by atoms with Crippen LogP contribution in [0.3, 0.4) is 0 Å². The van der Waals surface area contributed by atoms with E-state index in [1.54, 1.807) is 30.6 Å². The molecular weight excluding hydrogens is 366 g/mol. The number of fused-ring (bicyclic) bond motifs is 1. The number of rotatable bonds is 7. The largest absolute Gasteiger partial charge is 0.350 e. The number of carbonyl (C=O) groups is 2. The van der Waals surface area contributed by atoms with Crippen molar-refractivity contribution in [2.24, 2.45) is 0 Å². The predicted molar refractivity (Wildman–Crippen MR) is 113 cm³/mol. The Labute approximate surface area is 170 Å². The number of pyridine rings is 1. The Bertz CT molecular complexity index is 1020. The van der Waals surface area contributed by atoms with Crippen LogP contribution in [0.15, 0.2) is 42.7 Å². The second-order valence-electron chi connectivity index (χ2n) is 7.49. The van der Waals surface area contributed by atoms with Crippen LogP contribution in [0.5, 0.6) is 0 Å². The Morgan fingerprint density at radius 1 is 1.07 bits per heavy atom. The van der Waals surface area contributed by atoms with Gasteiger partial charge in [0.1, 0.15) is 0 Å². The van der Waals surface area contributed by atoms with E-state index < -0.39 is 0 Å². The lowest BCUT2D eigenvalue weighted by molar-refractivity contribution is 0.0936. The van der Waals surface area contributed by atoms with E-state index in [0.717, 1.165) is 23.0 Å². The van der Waals surface area contributed by atoms with E-state index in [9.17, 15) is 9.59 Å². The van der Waals surface area contributed by atoms with Gasteiger partial charge >= 0.3 is 0 Å². The summed E-state index contributed by atoms with van der Waals surface area (Å²) in [6.07, 6.45) is 4.16. The highest BCUT2D eigenvalue weighted by Crippen LogP contribution is 2.16. The molecule has 1 aromatic carbocycles. The van der Waals surface area contributed by atoms with Crippen molar-refractivity contribution in [3.8, 4) is 0 Å². The molecule has 2 heterocycles. The second kappa shape index (κ2) is 8.86. The topological polar surface area (TPSA) is 88.9 Å². The maximum atomic E-state index is 12.5. The first kappa shape index (κ1) is 20.5. The summed E-state index contributed by atoms with van der Waals surface area (Å²) in [4.78, 5) is 29.2. The molecular formula is C22H27N5O2. The van der Waals surface area contributed by atoms with E-state index in [0.29, 0.717) is 17.7 Å². The Kier molecular flexibility index (Phi) is 6.26. The molecule has 2 aromatic heterocycles. The molecule has 0 aliphatic heterocycles. The molecule has 0 radical (unpaired) electrons. The van der Waals surface area contributed by atoms with E-state index in [2.05, 4.69) is 20.7 Å². The molecule has 0 fully saturated rings. The van der Waals surface area contributed by atoms with Crippen LogP contribution in [0.4, 0.5) is 0 Å². The standard InChI is InChI=1S/C22H27N5O2/c1-5-15(4)26-22(29)17-8-6-7-16(9-17)11-24-21(28)19-10-18-13-25-27(14(2)3)20(18)23-12-19/h6-10,12-15H,5,11H2,1-4H3,(H,24,28)(H,26,29). The molecule has 0 aliphatic rings. The van der Waals surface area contributed by atoms with Crippen LogP contribution in [0.1, 0.15) is 66.4 Å². The van der Waals surface area contributed by atoms with Crippen molar-refractivity contribution in [1.29, 1.82) is 0 Å². The maximum Gasteiger partial charge on any atom is 0.253 e. The highest BCUT2D eigenvalue weighted by molar-refractivity contribution is 5.97. The summed E-state index contributed by atoms with van der Waals surface area (Å²) in [6.45, 7) is 8.39. The summed E-state index contributed by atoms with van der Waals surface area (Å²) in [5.41, 5.74) is 2.68.